The van der Waals surface area contributed by atoms with E-state index in [1.807, 2.05) is 6.92 Å². The average molecular weight is 183 g/mol. The van der Waals surface area contributed by atoms with Crippen LogP contribution >= 0.6 is 0 Å². The summed E-state index contributed by atoms with van der Waals surface area (Å²) in [4.78, 5) is 24.4. The molecule has 0 fully saturated rings. The maximum atomic E-state index is 11.2. The molecule has 1 aromatic heterocycles. The van der Waals surface area contributed by atoms with Crippen molar-refractivity contribution in [2.24, 2.45) is 5.73 Å². The molecule has 0 aromatic carbocycles. The summed E-state index contributed by atoms with van der Waals surface area (Å²) in [6.45, 7) is 2.83. The largest absolute Gasteiger partial charge is 0.330 e. The topological polar surface area (TPSA) is 80.9 Å². The van der Waals surface area contributed by atoms with Crippen molar-refractivity contribution in [2.75, 3.05) is 6.54 Å². The van der Waals surface area contributed by atoms with Crippen LogP contribution in [0.5, 0.6) is 0 Å². The van der Waals surface area contributed by atoms with Gasteiger partial charge in [0.1, 0.15) is 0 Å². The SMILES string of the molecule is CCn1c(CCN)cc(=O)[nH]c1=O. The van der Waals surface area contributed by atoms with Gasteiger partial charge in [-0.25, -0.2) is 4.79 Å². The zero-order valence-corrected chi connectivity index (χ0v) is 7.54. The van der Waals surface area contributed by atoms with Crippen molar-refractivity contribution in [1.82, 2.24) is 9.55 Å². The first kappa shape index (κ1) is 9.73. The van der Waals surface area contributed by atoms with E-state index in [0.717, 1.165) is 0 Å². The van der Waals surface area contributed by atoms with E-state index < -0.39 is 0 Å². The molecule has 0 radical (unpaired) electrons. The third kappa shape index (κ3) is 2.06. The Morgan fingerprint density at radius 3 is 2.77 bits per heavy atom. The van der Waals surface area contributed by atoms with Gasteiger partial charge in [0.15, 0.2) is 0 Å². The molecule has 0 aliphatic carbocycles. The summed E-state index contributed by atoms with van der Waals surface area (Å²) in [6.07, 6.45) is 0.549. The van der Waals surface area contributed by atoms with E-state index in [9.17, 15) is 9.59 Å². The molecule has 0 saturated heterocycles. The first-order valence-electron chi connectivity index (χ1n) is 4.22. The van der Waals surface area contributed by atoms with Crippen LogP contribution in [0.4, 0.5) is 0 Å². The monoisotopic (exact) mass is 183 g/mol. The van der Waals surface area contributed by atoms with Crippen LogP contribution in [0, 0.1) is 0 Å². The number of nitrogens with one attached hydrogen (secondary N) is 1. The number of aromatic amines is 1. The number of nitrogens with two attached hydrogens (primary N) is 1. The lowest BCUT2D eigenvalue weighted by Crippen LogP contribution is -2.32. The summed E-state index contributed by atoms with van der Waals surface area (Å²) < 4.78 is 1.51. The van der Waals surface area contributed by atoms with Crippen molar-refractivity contribution in [3.63, 3.8) is 0 Å². The predicted octanol–water partition coefficient (Wildman–Crippen LogP) is -0.942. The van der Waals surface area contributed by atoms with Crippen molar-refractivity contribution < 1.29 is 0 Å². The minimum absolute atomic E-state index is 0.363. The van der Waals surface area contributed by atoms with Gasteiger partial charge in [0.2, 0.25) is 0 Å². The minimum atomic E-state index is -0.363. The molecule has 1 rings (SSSR count). The van der Waals surface area contributed by atoms with E-state index in [1.54, 1.807) is 0 Å². The van der Waals surface area contributed by atoms with E-state index >= 15 is 0 Å². The first-order valence-corrected chi connectivity index (χ1v) is 4.22. The van der Waals surface area contributed by atoms with Crippen molar-refractivity contribution >= 4 is 0 Å². The standard InChI is InChI=1S/C8H13N3O2/c1-2-11-6(3-4-9)5-7(12)10-8(11)13/h5H,2-4,9H2,1H3,(H,10,12,13). The molecule has 0 bridgehead atoms. The van der Waals surface area contributed by atoms with Crippen LogP contribution in [-0.2, 0) is 13.0 Å². The van der Waals surface area contributed by atoms with Crippen LogP contribution in [0.3, 0.4) is 0 Å². The van der Waals surface area contributed by atoms with Gasteiger partial charge in [-0.1, -0.05) is 0 Å². The van der Waals surface area contributed by atoms with Crippen molar-refractivity contribution in [3.8, 4) is 0 Å². The highest BCUT2D eigenvalue weighted by atomic mass is 16.2. The summed E-state index contributed by atoms with van der Waals surface area (Å²) in [5.74, 6) is 0. The predicted molar refractivity (Wildman–Crippen MR) is 49.8 cm³/mol. The van der Waals surface area contributed by atoms with Crippen LogP contribution in [-0.4, -0.2) is 16.1 Å². The quantitative estimate of drug-likeness (QED) is 0.634. The maximum Gasteiger partial charge on any atom is 0.328 e. The molecule has 0 spiro atoms. The fraction of sp³-hybridized carbons (Fsp3) is 0.500. The molecule has 0 unspecified atom stereocenters. The van der Waals surface area contributed by atoms with Gasteiger partial charge in [-0.3, -0.25) is 14.3 Å². The minimum Gasteiger partial charge on any atom is -0.330 e. The molecule has 13 heavy (non-hydrogen) atoms. The van der Waals surface area contributed by atoms with E-state index in [4.69, 9.17) is 5.73 Å². The number of hydrogen-bond donors (Lipinski definition) is 2. The Balaban J connectivity index is 3.29. The normalized spacial score (nSPS) is 10.3. The zero-order chi connectivity index (χ0) is 9.84. The fourth-order valence-electron chi connectivity index (χ4n) is 1.27. The van der Waals surface area contributed by atoms with Gasteiger partial charge in [0.05, 0.1) is 0 Å². The third-order valence-corrected chi connectivity index (χ3v) is 1.84. The first-order chi connectivity index (χ1) is 6.19. The number of rotatable bonds is 3. The molecule has 72 valence electrons. The Kier molecular flexibility index (Phi) is 3.02. The Hall–Kier alpha value is -1.36. The molecule has 5 heteroatoms. The van der Waals surface area contributed by atoms with Gasteiger partial charge < -0.3 is 5.73 Å². The fourth-order valence-corrected chi connectivity index (χ4v) is 1.27. The van der Waals surface area contributed by atoms with Gasteiger partial charge in [0.25, 0.3) is 5.56 Å². The lowest BCUT2D eigenvalue weighted by molar-refractivity contribution is 0.644. The molecule has 0 atom stereocenters. The molecule has 3 N–H and O–H groups in total. The Morgan fingerprint density at radius 1 is 1.54 bits per heavy atom. The average Bonchev–Trinajstić information content (AvgIpc) is 2.04. The van der Waals surface area contributed by atoms with Crippen LogP contribution in [0.25, 0.3) is 0 Å². The van der Waals surface area contributed by atoms with Gasteiger partial charge in [-0.2, -0.15) is 0 Å². The molecule has 0 saturated carbocycles. The van der Waals surface area contributed by atoms with Crippen LogP contribution in [0.2, 0.25) is 0 Å². The number of aromatic nitrogens is 2. The van der Waals surface area contributed by atoms with E-state index in [-0.39, 0.29) is 11.2 Å². The van der Waals surface area contributed by atoms with Crippen LogP contribution < -0.4 is 17.0 Å². The summed E-state index contributed by atoms with van der Waals surface area (Å²) in [5, 5.41) is 0. The van der Waals surface area contributed by atoms with Crippen molar-refractivity contribution in [3.05, 3.63) is 32.6 Å². The lowest BCUT2D eigenvalue weighted by atomic mass is 10.3. The van der Waals surface area contributed by atoms with Crippen LogP contribution in [0.1, 0.15) is 12.6 Å². The third-order valence-electron chi connectivity index (χ3n) is 1.84. The molecule has 1 aromatic rings. The molecule has 0 aliphatic heterocycles. The van der Waals surface area contributed by atoms with Gasteiger partial charge in [-0.15, -0.1) is 0 Å². The maximum absolute atomic E-state index is 11.2. The Bertz CT molecular complexity index is 391. The smallest absolute Gasteiger partial charge is 0.328 e. The summed E-state index contributed by atoms with van der Waals surface area (Å²) in [7, 11) is 0. The lowest BCUT2D eigenvalue weighted by Gasteiger charge is -2.07. The van der Waals surface area contributed by atoms with E-state index in [0.29, 0.717) is 25.2 Å². The highest BCUT2D eigenvalue weighted by Crippen LogP contribution is 1.92. The number of H-pyrrole nitrogens is 1. The number of hydrogen-bond acceptors (Lipinski definition) is 3. The summed E-state index contributed by atoms with van der Waals surface area (Å²) >= 11 is 0. The molecular formula is C8H13N3O2. The Morgan fingerprint density at radius 2 is 2.23 bits per heavy atom. The molecule has 0 aliphatic rings. The van der Waals surface area contributed by atoms with Gasteiger partial charge >= 0.3 is 5.69 Å². The Labute approximate surface area is 75.2 Å². The highest BCUT2D eigenvalue weighted by Gasteiger charge is 2.02. The highest BCUT2D eigenvalue weighted by molar-refractivity contribution is 5.01. The van der Waals surface area contributed by atoms with Crippen molar-refractivity contribution in [2.45, 2.75) is 19.9 Å². The van der Waals surface area contributed by atoms with E-state index in [1.165, 1.54) is 10.6 Å². The van der Waals surface area contributed by atoms with Gasteiger partial charge in [0, 0.05) is 24.7 Å². The molecule has 0 amide bonds. The van der Waals surface area contributed by atoms with E-state index in [2.05, 4.69) is 4.98 Å². The van der Waals surface area contributed by atoms with Crippen LogP contribution in [0.15, 0.2) is 15.7 Å². The molecule has 5 nitrogen and oxygen atoms in total. The van der Waals surface area contributed by atoms with Gasteiger partial charge in [-0.05, 0) is 13.5 Å². The van der Waals surface area contributed by atoms with Crippen molar-refractivity contribution in [1.29, 1.82) is 0 Å². The second kappa shape index (κ2) is 4.04. The second-order valence-corrected chi connectivity index (χ2v) is 2.71. The summed E-state index contributed by atoms with van der Waals surface area (Å²) in [6, 6.07) is 1.41. The number of nitrogens with zero attached hydrogens (tertiary/aromatic N) is 1. The molecule has 1 heterocycles. The molecular weight excluding hydrogens is 170 g/mol. The second-order valence-electron chi connectivity index (χ2n) is 2.71. The zero-order valence-electron chi connectivity index (χ0n) is 7.54. The summed E-state index contributed by atoms with van der Waals surface area (Å²) in [5.41, 5.74) is 5.32.